The number of rotatable bonds is 4. The molecule has 3 aromatic rings. The molecule has 0 bridgehead atoms. The molecule has 2 aromatic carbocycles. The lowest BCUT2D eigenvalue weighted by Crippen LogP contribution is -2.35. The van der Waals surface area contributed by atoms with E-state index in [2.05, 4.69) is 10.3 Å². The molecule has 0 spiro atoms. The number of benzene rings is 2. The van der Waals surface area contributed by atoms with Crippen LogP contribution in [0.1, 0.15) is 27.0 Å². The van der Waals surface area contributed by atoms with Gasteiger partial charge < -0.3 is 10.1 Å². The van der Waals surface area contributed by atoms with Gasteiger partial charge in [0, 0.05) is 11.9 Å². The molecule has 0 unspecified atom stereocenters. The van der Waals surface area contributed by atoms with Gasteiger partial charge in [0.2, 0.25) is 5.88 Å². The number of nitrogens with one attached hydrogen (secondary N) is 2. The molecular weight excluding hydrogens is 458 g/mol. The van der Waals surface area contributed by atoms with Crippen LogP contribution in [0.2, 0.25) is 10.0 Å². The average molecular weight is 473 g/mol. The van der Waals surface area contributed by atoms with Crippen molar-refractivity contribution in [2.24, 2.45) is 0 Å². The SMILES string of the molecule is Cc1cc(NC(=O)NC(=O)c2c(F)cccc2Cl)cc(C)c1Oc1ncc(C#N)cc1Cl. The van der Waals surface area contributed by atoms with Crippen molar-refractivity contribution in [3.05, 3.63) is 80.7 Å². The Kier molecular flexibility index (Phi) is 6.93. The first-order valence-electron chi connectivity index (χ1n) is 9.10. The van der Waals surface area contributed by atoms with Gasteiger partial charge in [-0.3, -0.25) is 10.1 Å². The minimum absolute atomic E-state index is 0.112. The number of pyridine rings is 1. The van der Waals surface area contributed by atoms with Crippen molar-refractivity contribution in [2.45, 2.75) is 13.8 Å². The summed E-state index contributed by atoms with van der Waals surface area (Å²) in [6.07, 6.45) is 1.34. The summed E-state index contributed by atoms with van der Waals surface area (Å²) in [5.74, 6) is -1.22. The van der Waals surface area contributed by atoms with Crippen molar-refractivity contribution in [3.63, 3.8) is 0 Å². The van der Waals surface area contributed by atoms with E-state index >= 15 is 0 Å². The first-order chi connectivity index (χ1) is 15.2. The van der Waals surface area contributed by atoms with Gasteiger partial charge in [-0.1, -0.05) is 29.3 Å². The molecule has 3 amide bonds. The molecule has 0 atom stereocenters. The van der Waals surface area contributed by atoms with Crippen LogP contribution in [0.25, 0.3) is 0 Å². The number of urea groups is 1. The van der Waals surface area contributed by atoms with Crippen LogP contribution in [-0.2, 0) is 0 Å². The molecule has 0 saturated carbocycles. The van der Waals surface area contributed by atoms with E-state index < -0.39 is 23.3 Å². The van der Waals surface area contributed by atoms with Crippen molar-refractivity contribution in [3.8, 4) is 17.7 Å². The van der Waals surface area contributed by atoms with E-state index in [1.54, 1.807) is 26.0 Å². The van der Waals surface area contributed by atoms with E-state index in [1.165, 1.54) is 24.4 Å². The number of aromatic nitrogens is 1. The Morgan fingerprint density at radius 1 is 1.12 bits per heavy atom. The number of anilines is 1. The number of carbonyl (C=O) groups is 2. The van der Waals surface area contributed by atoms with Crippen LogP contribution in [0, 0.1) is 31.0 Å². The Balaban J connectivity index is 1.74. The van der Waals surface area contributed by atoms with Gasteiger partial charge in [-0.25, -0.2) is 14.2 Å². The zero-order chi connectivity index (χ0) is 23.4. The number of hydrogen-bond acceptors (Lipinski definition) is 5. The standard InChI is InChI=1S/C22H15Cl2FN4O3/c1-11-6-14(28-22(31)29-20(30)18-15(23)4-3-5-17(18)25)7-12(2)19(11)32-21-16(24)8-13(9-26)10-27-21/h3-8,10H,1-2H3,(H2,28,29,30,31). The van der Waals surface area contributed by atoms with Crippen LogP contribution in [0.3, 0.4) is 0 Å². The Morgan fingerprint density at radius 2 is 1.81 bits per heavy atom. The molecule has 0 radical (unpaired) electrons. The molecule has 3 rings (SSSR count). The fourth-order valence-electron chi connectivity index (χ4n) is 2.88. The molecule has 0 fully saturated rings. The minimum Gasteiger partial charge on any atom is -0.437 e. The number of ether oxygens (including phenoxy) is 1. The summed E-state index contributed by atoms with van der Waals surface area (Å²) >= 11 is 12.0. The normalized spacial score (nSPS) is 10.2. The minimum atomic E-state index is -0.972. The average Bonchev–Trinajstić information content (AvgIpc) is 2.71. The maximum atomic E-state index is 13.9. The fourth-order valence-corrected chi connectivity index (χ4v) is 3.34. The van der Waals surface area contributed by atoms with E-state index in [-0.39, 0.29) is 15.9 Å². The smallest absolute Gasteiger partial charge is 0.326 e. The predicted octanol–water partition coefficient (Wildman–Crippen LogP) is 5.77. The molecular formula is C22H15Cl2FN4O3. The third-order valence-corrected chi connectivity index (χ3v) is 4.86. The molecule has 10 heteroatoms. The number of aryl methyl sites for hydroxylation is 2. The summed E-state index contributed by atoms with van der Waals surface area (Å²) in [6.45, 7) is 3.49. The molecule has 1 heterocycles. The zero-order valence-corrected chi connectivity index (χ0v) is 18.3. The molecule has 0 aliphatic rings. The van der Waals surface area contributed by atoms with Gasteiger partial charge in [-0.15, -0.1) is 0 Å². The molecule has 0 saturated heterocycles. The van der Waals surface area contributed by atoms with E-state index in [1.807, 2.05) is 11.4 Å². The lowest BCUT2D eigenvalue weighted by molar-refractivity contribution is 0.0963. The lowest BCUT2D eigenvalue weighted by Gasteiger charge is -2.15. The Hall–Kier alpha value is -3.67. The highest BCUT2D eigenvalue weighted by Gasteiger charge is 2.19. The summed E-state index contributed by atoms with van der Waals surface area (Å²) in [4.78, 5) is 28.5. The summed E-state index contributed by atoms with van der Waals surface area (Å²) in [5, 5.41) is 13.5. The number of imide groups is 1. The number of halogens is 3. The van der Waals surface area contributed by atoms with Gasteiger partial charge in [0.25, 0.3) is 5.91 Å². The second-order valence-electron chi connectivity index (χ2n) is 6.67. The first-order valence-corrected chi connectivity index (χ1v) is 9.86. The van der Waals surface area contributed by atoms with E-state index in [4.69, 9.17) is 33.2 Å². The monoisotopic (exact) mass is 472 g/mol. The second kappa shape index (κ2) is 9.64. The Morgan fingerprint density at radius 3 is 2.41 bits per heavy atom. The van der Waals surface area contributed by atoms with Crippen molar-refractivity contribution >= 4 is 40.8 Å². The molecule has 1 aromatic heterocycles. The van der Waals surface area contributed by atoms with E-state index in [9.17, 15) is 14.0 Å². The van der Waals surface area contributed by atoms with Crippen molar-refractivity contribution in [1.82, 2.24) is 10.3 Å². The van der Waals surface area contributed by atoms with Gasteiger partial charge in [-0.05, 0) is 55.3 Å². The van der Waals surface area contributed by atoms with Crippen LogP contribution >= 0.6 is 23.2 Å². The fraction of sp³-hybridized carbons (Fsp3) is 0.0909. The van der Waals surface area contributed by atoms with Crippen LogP contribution in [-0.4, -0.2) is 16.9 Å². The maximum Gasteiger partial charge on any atom is 0.326 e. The topological polar surface area (TPSA) is 104 Å². The summed E-state index contributed by atoms with van der Waals surface area (Å²) < 4.78 is 19.6. The number of nitrogens with zero attached hydrogens (tertiary/aromatic N) is 2. The quantitative estimate of drug-likeness (QED) is 0.501. The number of nitriles is 1. The van der Waals surface area contributed by atoms with Crippen molar-refractivity contribution in [1.29, 1.82) is 5.26 Å². The third-order valence-electron chi connectivity index (χ3n) is 4.27. The third kappa shape index (κ3) is 5.14. The molecule has 7 nitrogen and oxygen atoms in total. The summed E-state index contributed by atoms with van der Waals surface area (Å²) in [5.41, 5.74) is 1.54. The van der Waals surface area contributed by atoms with E-state index in [0.29, 0.717) is 28.1 Å². The van der Waals surface area contributed by atoms with Crippen LogP contribution < -0.4 is 15.4 Å². The van der Waals surface area contributed by atoms with Crippen LogP contribution in [0.15, 0.2) is 42.6 Å². The van der Waals surface area contributed by atoms with Gasteiger partial charge >= 0.3 is 6.03 Å². The predicted molar refractivity (Wildman–Crippen MR) is 118 cm³/mol. The molecule has 32 heavy (non-hydrogen) atoms. The zero-order valence-electron chi connectivity index (χ0n) is 16.8. The highest BCUT2D eigenvalue weighted by atomic mass is 35.5. The largest absolute Gasteiger partial charge is 0.437 e. The summed E-state index contributed by atoms with van der Waals surface area (Å²) in [6, 6.07) is 9.50. The summed E-state index contributed by atoms with van der Waals surface area (Å²) in [7, 11) is 0. The number of hydrogen-bond donors (Lipinski definition) is 2. The molecule has 0 aliphatic carbocycles. The first kappa shape index (κ1) is 23.0. The van der Waals surface area contributed by atoms with E-state index in [0.717, 1.165) is 6.07 Å². The Labute approximate surface area is 192 Å². The number of carbonyl (C=O) groups excluding carboxylic acids is 2. The molecule has 162 valence electrons. The van der Waals surface area contributed by atoms with Gasteiger partial charge in [0.1, 0.15) is 22.7 Å². The molecule has 0 aliphatic heterocycles. The maximum absolute atomic E-state index is 13.9. The molecule has 2 N–H and O–H groups in total. The van der Waals surface area contributed by atoms with Gasteiger partial charge in [0.05, 0.1) is 16.1 Å². The van der Waals surface area contributed by atoms with Gasteiger partial charge in [-0.2, -0.15) is 5.26 Å². The number of amides is 3. The Bertz CT molecular complexity index is 1230. The lowest BCUT2D eigenvalue weighted by atomic mass is 10.1. The highest BCUT2D eigenvalue weighted by molar-refractivity contribution is 6.34. The van der Waals surface area contributed by atoms with Gasteiger partial charge in [0.15, 0.2) is 0 Å². The van der Waals surface area contributed by atoms with Crippen molar-refractivity contribution in [2.75, 3.05) is 5.32 Å². The second-order valence-corrected chi connectivity index (χ2v) is 7.48. The van der Waals surface area contributed by atoms with Crippen LogP contribution in [0.5, 0.6) is 11.6 Å². The highest BCUT2D eigenvalue weighted by Crippen LogP contribution is 2.34. The van der Waals surface area contributed by atoms with Crippen LogP contribution in [0.4, 0.5) is 14.9 Å². The van der Waals surface area contributed by atoms with Crippen molar-refractivity contribution < 1.29 is 18.7 Å².